The van der Waals surface area contributed by atoms with Crippen LogP contribution < -0.4 is 15.8 Å². The molecule has 1 unspecified atom stereocenters. The average Bonchev–Trinajstić information content (AvgIpc) is 3.11. The molecule has 1 aromatic heterocycles. The van der Waals surface area contributed by atoms with Gasteiger partial charge < -0.3 is 15.1 Å². The van der Waals surface area contributed by atoms with Crippen LogP contribution in [0, 0.1) is 5.92 Å². The first-order chi connectivity index (χ1) is 14.0. The quantitative estimate of drug-likeness (QED) is 0.814. The zero-order chi connectivity index (χ0) is 20.4. The lowest BCUT2D eigenvalue weighted by Crippen LogP contribution is -2.33. The van der Waals surface area contributed by atoms with Gasteiger partial charge in [0.1, 0.15) is 0 Å². The summed E-state index contributed by atoms with van der Waals surface area (Å²) in [6.45, 7) is 3.25. The molecule has 4 rings (SSSR count). The van der Waals surface area contributed by atoms with E-state index in [2.05, 4.69) is 21.4 Å². The molecule has 0 radical (unpaired) electrons. The summed E-state index contributed by atoms with van der Waals surface area (Å²) in [5.41, 5.74) is 3.36. The molecule has 2 aliphatic rings. The molecule has 1 aromatic carbocycles. The summed E-state index contributed by atoms with van der Waals surface area (Å²) < 4.78 is 0. The Labute approximate surface area is 171 Å². The van der Waals surface area contributed by atoms with Gasteiger partial charge in [0.25, 0.3) is 11.5 Å². The second-order valence-corrected chi connectivity index (χ2v) is 8.26. The number of hydrogen-bond donors (Lipinski definition) is 2. The third kappa shape index (κ3) is 4.34. The van der Waals surface area contributed by atoms with E-state index in [1.165, 1.54) is 12.0 Å². The van der Waals surface area contributed by atoms with Crippen molar-refractivity contribution in [2.45, 2.75) is 25.7 Å². The predicted molar refractivity (Wildman–Crippen MR) is 114 cm³/mol. The van der Waals surface area contributed by atoms with Crippen molar-refractivity contribution in [3.8, 4) is 0 Å². The number of anilines is 1. The molecule has 29 heavy (non-hydrogen) atoms. The highest BCUT2D eigenvalue weighted by Gasteiger charge is 2.23. The first-order valence-corrected chi connectivity index (χ1v) is 10.4. The van der Waals surface area contributed by atoms with E-state index in [9.17, 15) is 9.59 Å². The van der Waals surface area contributed by atoms with E-state index in [4.69, 9.17) is 0 Å². The fourth-order valence-electron chi connectivity index (χ4n) is 4.25. The second-order valence-electron chi connectivity index (χ2n) is 8.26. The number of rotatable bonds is 4. The topological polar surface area (TPSA) is 81.3 Å². The van der Waals surface area contributed by atoms with Crippen molar-refractivity contribution in [2.24, 2.45) is 5.92 Å². The zero-order valence-corrected chi connectivity index (χ0v) is 17.2. The maximum absolute atomic E-state index is 13.2. The van der Waals surface area contributed by atoms with Crippen molar-refractivity contribution in [3.05, 3.63) is 57.0 Å². The van der Waals surface area contributed by atoms with Crippen LogP contribution in [0.5, 0.6) is 0 Å². The Hall–Kier alpha value is -2.67. The Kier molecular flexibility index (Phi) is 5.67. The molecule has 0 bridgehead atoms. The minimum absolute atomic E-state index is 0.0356. The lowest BCUT2D eigenvalue weighted by molar-refractivity contribution is 0.0762. The summed E-state index contributed by atoms with van der Waals surface area (Å²) in [6, 6.07) is 8.02. The van der Waals surface area contributed by atoms with Crippen LogP contribution in [0.15, 0.2) is 29.1 Å². The second kappa shape index (κ2) is 8.37. The highest BCUT2D eigenvalue weighted by molar-refractivity contribution is 5.94. The van der Waals surface area contributed by atoms with Crippen LogP contribution in [0.2, 0.25) is 0 Å². The molecule has 1 fully saturated rings. The van der Waals surface area contributed by atoms with Crippen molar-refractivity contribution in [1.82, 2.24) is 20.2 Å². The van der Waals surface area contributed by atoms with Crippen molar-refractivity contribution in [1.29, 1.82) is 0 Å². The van der Waals surface area contributed by atoms with E-state index in [-0.39, 0.29) is 11.5 Å². The molecular weight excluding hydrogens is 366 g/mol. The van der Waals surface area contributed by atoms with Crippen LogP contribution in [0.1, 0.15) is 33.6 Å². The number of aromatic nitrogens is 2. The van der Waals surface area contributed by atoms with Crippen LogP contribution in [-0.2, 0) is 19.3 Å². The predicted octanol–water partition coefficient (Wildman–Crippen LogP) is 1.23. The normalized spacial score (nSPS) is 19.0. The molecular formula is C22H29N5O2. The molecule has 2 aliphatic heterocycles. The first-order valence-electron chi connectivity index (χ1n) is 10.4. The fraction of sp³-hybridized carbons (Fsp3) is 0.500. The third-order valence-electron chi connectivity index (χ3n) is 5.91. The van der Waals surface area contributed by atoms with Crippen molar-refractivity contribution in [3.63, 3.8) is 0 Å². The number of carbonyl (C=O) groups is 1. The number of H-pyrrole nitrogens is 1. The average molecular weight is 396 g/mol. The number of benzene rings is 1. The Morgan fingerprint density at radius 1 is 1.28 bits per heavy atom. The molecule has 0 spiro atoms. The van der Waals surface area contributed by atoms with Crippen LogP contribution >= 0.6 is 0 Å². The number of hydrogen-bond acceptors (Lipinski definition) is 5. The van der Waals surface area contributed by atoms with Gasteiger partial charge in [-0.2, -0.15) is 0 Å². The summed E-state index contributed by atoms with van der Waals surface area (Å²) in [4.78, 5) is 36.7. The van der Waals surface area contributed by atoms with Crippen LogP contribution in [0.25, 0.3) is 0 Å². The van der Waals surface area contributed by atoms with Gasteiger partial charge in [-0.1, -0.05) is 12.1 Å². The molecule has 2 aromatic rings. The third-order valence-corrected chi connectivity index (χ3v) is 5.91. The SMILES string of the molecule is CN(C)c1nc2c(c(=O)[nH]1)CCN(C(=O)c1cccc(CC3CCNC3)c1)CC2. The maximum atomic E-state index is 13.2. The van der Waals surface area contributed by atoms with Gasteiger partial charge >= 0.3 is 0 Å². The molecule has 0 saturated carbocycles. The van der Waals surface area contributed by atoms with Crippen molar-refractivity contribution in [2.75, 3.05) is 45.2 Å². The standard InChI is InChI=1S/C22H29N5O2/c1-26(2)22-24-19-8-11-27(10-7-18(19)20(28)25-22)21(29)17-5-3-4-15(13-17)12-16-6-9-23-14-16/h3-5,13,16,23H,6-12,14H2,1-2H3,(H,24,25,28). The van der Waals surface area contributed by atoms with Gasteiger partial charge in [-0.3, -0.25) is 14.6 Å². The van der Waals surface area contributed by atoms with Gasteiger partial charge in [0, 0.05) is 44.7 Å². The number of nitrogens with one attached hydrogen (secondary N) is 2. The fourth-order valence-corrected chi connectivity index (χ4v) is 4.25. The first kappa shape index (κ1) is 19.6. The number of nitrogens with zero attached hydrogens (tertiary/aromatic N) is 3. The summed E-state index contributed by atoms with van der Waals surface area (Å²) in [5, 5.41) is 3.40. The zero-order valence-electron chi connectivity index (χ0n) is 17.2. The maximum Gasteiger partial charge on any atom is 0.255 e. The van der Waals surface area contributed by atoms with E-state index >= 15 is 0 Å². The lowest BCUT2D eigenvalue weighted by atomic mass is 9.97. The van der Waals surface area contributed by atoms with Gasteiger partial charge in [-0.25, -0.2) is 4.98 Å². The minimum Gasteiger partial charge on any atom is -0.348 e. The van der Waals surface area contributed by atoms with Gasteiger partial charge in [-0.05, 0) is 56.0 Å². The molecule has 7 nitrogen and oxygen atoms in total. The number of amides is 1. The summed E-state index contributed by atoms with van der Waals surface area (Å²) >= 11 is 0. The Morgan fingerprint density at radius 2 is 2.10 bits per heavy atom. The largest absolute Gasteiger partial charge is 0.348 e. The Balaban J connectivity index is 1.49. The van der Waals surface area contributed by atoms with Crippen molar-refractivity contribution >= 4 is 11.9 Å². The molecule has 7 heteroatoms. The minimum atomic E-state index is -0.0971. The van der Waals surface area contributed by atoms with E-state index in [0.717, 1.165) is 30.8 Å². The molecule has 1 atom stereocenters. The molecule has 1 saturated heterocycles. The summed E-state index contributed by atoms with van der Waals surface area (Å²) in [6.07, 6.45) is 3.33. The van der Waals surface area contributed by atoms with Crippen LogP contribution in [-0.4, -0.2) is 61.0 Å². The molecule has 2 N–H and O–H groups in total. The Morgan fingerprint density at radius 3 is 2.86 bits per heavy atom. The smallest absolute Gasteiger partial charge is 0.255 e. The van der Waals surface area contributed by atoms with Crippen LogP contribution in [0.4, 0.5) is 5.95 Å². The van der Waals surface area contributed by atoms with Gasteiger partial charge in [0.2, 0.25) is 5.95 Å². The van der Waals surface area contributed by atoms with Crippen molar-refractivity contribution < 1.29 is 4.79 Å². The van der Waals surface area contributed by atoms with Gasteiger partial charge in [0.15, 0.2) is 0 Å². The summed E-state index contributed by atoms with van der Waals surface area (Å²) in [5.74, 6) is 1.24. The van der Waals surface area contributed by atoms with E-state index in [0.29, 0.717) is 43.4 Å². The number of aromatic amines is 1. The van der Waals surface area contributed by atoms with Gasteiger partial charge in [0.05, 0.1) is 5.69 Å². The lowest BCUT2D eigenvalue weighted by Gasteiger charge is -2.20. The molecule has 1 amide bonds. The molecule has 3 heterocycles. The number of fused-ring (bicyclic) bond motifs is 1. The highest BCUT2D eigenvalue weighted by atomic mass is 16.2. The molecule has 154 valence electrons. The van der Waals surface area contributed by atoms with Crippen LogP contribution in [0.3, 0.4) is 0 Å². The van der Waals surface area contributed by atoms with E-state index in [1.807, 2.05) is 37.2 Å². The van der Waals surface area contributed by atoms with Gasteiger partial charge in [-0.15, -0.1) is 0 Å². The highest BCUT2D eigenvalue weighted by Crippen LogP contribution is 2.19. The monoisotopic (exact) mass is 395 g/mol. The van der Waals surface area contributed by atoms with E-state index in [1.54, 1.807) is 4.90 Å². The Bertz CT molecular complexity index is 946. The number of carbonyl (C=O) groups excluding carboxylic acids is 1. The summed E-state index contributed by atoms with van der Waals surface area (Å²) in [7, 11) is 3.71. The van der Waals surface area contributed by atoms with E-state index < -0.39 is 0 Å². The molecule has 0 aliphatic carbocycles.